The third-order valence-corrected chi connectivity index (χ3v) is 5.53. The zero-order valence-corrected chi connectivity index (χ0v) is 16.9. The van der Waals surface area contributed by atoms with Crippen LogP contribution in [-0.2, 0) is 5.33 Å². The molecule has 134 valence electrons. The van der Waals surface area contributed by atoms with Gasteiger partial charge in [-0.25, -0.2) is 0 Å². The third kappa shape index (κ3) is 3.50. The number of hydrogen-bond donors (Lipinski definition) is 0. The molecule has 0 spiro atoms. The van der Waals surface area contributed by atoms with E-state index in [-0.39, 0.29) is 0 Å². The van der Waals surface area contributed by atoms with Crippen LogP contribution in [0.2, 0.25) is 0 Å². The van der Waals surface area contributed by atoms with Gasteiger partial charge in [0.2, 0.25) is 0 Å². The molecule has 0 saturated carbocycles. The van der Waals surface area contributed by atoms with Crippen molar-refractivity contribution in [1.82, 2.24) is 0 Å². The smallest absolute Gasteiger partial charge is 0.100 e. The van der Waals surface area contributed by atoms with Crippen LogP contribution in [0.5, 0.6) is 0 Å². The number of benzene rings is 4. The van der Waals surface area contributed by atoms with Crippen LogP contribution in [0.4, 0.5) is 0 Å². The van der Waals surface area contributed by atoms with Gasteiger partial charge in [-0.2, -0.15) is 5.26 Å². The number of nitriles is 1. The summed E-state index contributed by atoms with van der Waals surface area (Å²) < 4.78 is 0. The quantitative estimate of drug-likeness (QED) is 0.312. The van der Waals surface area contributed by atoms with Gasteiger partial charge in [0.05, 0.1) is 5.56 Å². The molecule has 0 aromatic heterocycles. The van der Waals surface area contributed by atoms with Crippen molar-refractivity contribution in [2.45, 2.75) is 5.33 Å². The van der Waals surface area contributed by atoms with Gasteiger partial charge in [-0.3, -0.25) is 0 Å². The topological polar surface area (TPSA) is 23.8 Å². The van der Waals surface area contributed by atoms with E-state index in [1.807, 2.05) is 36.4 Å². The second-order valence-corrected chi connectivity index (χ2v) is 7.15. The predicted molar refractivity (Wildman–Crippen MR) is 120 cm³/mol. The Morgan fingerprint density at radius 1 is 0.607 bits per heavy atom. The summed E-state index contributed by atoms with van der Waals surface area (Å²) in [6, 6.07) is 35.5. The lowest BCUT2D eigenvalue weighted by Crippen LogP contribution is -1.94. The van der Waals surface area contributed by atoms with E-state index in [0.29, 0.717) is 5.56 Å². The maximum Gasteiger partial charge on any atom is 0.100 e. The minimum absolute atomic E-state index is 0.708. The first-order valence-corrected chi connectivity index (χ1v) is 10.3. The van der Waals surface area contributed by atoms with Gasteiger partial charge >= 0.3 is 0 Å². The average molecular weight is 424 g/mol. The number of rotatable bonds is 4. The molecule has 0 fully saturated rings. The van der Waals surface area contributed by atoms with Crippen molar-refractivity contribution in [3.05, 3.63) is 108 Å². The number of hydrogen-bond acceptors (Lipinski definition) is 1. The Kier molecular flexibility index (Phi) is 5.37. The molecule has 0 aliphatic carbocycles. The molecule has 0 saturated heterocycles. The molecular weight excluding hydrogens is 406 g/mol. The van der Waals surface area contributed by atoms with Crippen molar-refractivity contribution in [3.63, 3.8) is 0 Å². The first-order chi connectivity index (χ1) is 13.8. The zero-order valence-electron chi connectivity index (χ0n) is 15.3. The molecule has 0 atom stereocenters. The van der Waals surface area contributed by atoms with Crippen molar-refractivity contribution in [1.29, 1.82) is 5.26 Å². The lowest BCUT2D eigenvalue weighted by molar-refractivity contribution is 1.42. The molecule has 0 amide bonds. The summed E-state index contributed by atoms with van der Waals surface area (Å²) >= 11 is 3.49. The highest BCUT2D eigenvalue weighted by atomic mass is 79.9. The van der Waals surface area contributed by atoms with Gasteiger partial charge in [-0.1, -0.05) is 113 Å². The van der Waals surface area contributed by atoms with Crippen molar-refractivity contribution in [3.8, 4) is 39.4 Å². The summed E-state index contributed by atoms with van der Waals surface area (Å²) in [7, 11) is 0. The standard InChI is InChI=1S/C26H18BrN/c27-17-19-11-13-21(14-12-19)23-15-16-24(20-7-3-1-4-8-20)26(25(23)18-28)22-9-5-2-6-10-22/h1-16H,17H2. The van der Waals surface area contributed by atoms with Crippen molar-refractivity contribution in [2.24, 2.45) is 0 Å². The Morgan fingerprint density at radius 2 is 1.14 bits per heavy atom. The second kappa shape index (κ2) is 8.25. The summed E-state index contributed by atoms with van der Waals surface area (Å²) in [5, 5.41) is 11.0. The molecule has 0 radical (unpaired) electrons. The largest absolute Gasteiger partial charge is 0.192 e. The van der Waals surface area contributed by atoms with E-state index >= 15 is 0 Å². The third-order valence-electron chi connectivity index (χ3n) is 4.88. The van der Waals surface area contributed by atoms with Crippen molar-refractivity contribution >= 4 is 15.9 Å². The normalized spacial score (nSPS) is 10.4. The number of alkyl halides is 1. The maximum atomic E-state index is 10.1. The van der Waals surface area contributed by atoms with Crippen LogP contribution < -0.4 is 0 Å². The van der Waals surface area contributed by atoms with E-state index < -0.39 is 0 Å². The van der Waals surface area contributed by atoms with Crippen LogP contribution in [-0.4, -0.2) is 0 Å². The van der Waals surface area contributed by atoms with Crippen LogP contribution in [0, 0.1) is 11.3 Å². The Morgan fingerprint density at radius 3 is 1.71 bits per heavy atom. The summed E-state index contributed by atoms with van der Waals surface area (Å²) in [4.78, 5) is 0. The van der Waals surface area contributed by atoms with E-state index in [0.717, 1.165) is 38.7 Å². The molecule has 0 unspecified atom stereocenters. The number of halogens is 1. The predicted octanol–water partition coefficient (Wildman–Crippen LogP) is 7.45. The molecule has 0 N–H and O–H groups in total. The fourth-order valence-corrected chi connectivity index (χ4v) is 3.87. The van der Waals surface area contributed by atoms with Crippen LogP contribution in [0.1, 0.15) is 11.1 Å². The Hall–Kier alpha value is -3.15. The second-order valence-electron chi connectivity index (χ2n) is 6.59. The molecule has 0 heterocycles. The van der Waals surface area contributed by atoms with Crippen molar-refractivity contribution < 1.29 is 0 Å². The highest BCUT2D eigenvalue weighted by Crippen LogP contribution is 2.39. The fourth-order valence-electron chi connectivity index (χ4n) is 3.50. The van der Waals surface area contributed by atoms with Gasteiger partial charge in [0.15, 0.2) is 0 Å². The van der Waals surface area contributed by atoms with E-state index in [9.17, 15) is 5.26 Å². The lowest BCUT2D eigenvalue weighted by Gasteiger charge is -2.16. The molecule has 4 aromatic carbocycles. The summed E-state index contributed by atoms with van der Waals surface area (Å²) in [6.45, 7) is 0. The Labute approximate surface area is 174 Å². The molecule has 1 nitrogen and oxygen atoms in total. The zero-order chi connectivity index (χ0) is 19.3. The van der Waals surface area contributed by atoms with E-state index in [2.05, 4.69) is 82.7 Å². The van der Waals surface area contributed by atoms with Crippen LogP contribution >= 0.6 is 15.9 Å². The lowest BCUT2D eigenvalue weighted by atomic mass is 9.86. The minimum Gasteiger partial charge on any atom is -0.192 e. The van der Waals surface area contributed by atoms with Gasteiger partial charge in [0.25, 0.3) is 0 Å². The fraction of sp³-hybridized carbons (Fsp3) is 0.0385. The van der Waals surface area contributed by atoms with Crippen LogP contribution in [0.3, 0.4) is 0 Å². The van der Waals surface area contributed by atoms with Crippen LogP contribution in [0.25, 0.3) is 33.4 Å². The molecule has 4 rings (SSSR count). The van der Waals surface area contributed by atoms with Crippen molar-refractivity contribution in [2.75, 3.05) is 0 Å². The molecular formula is C26H18BrN. The first-order valence-electron chi connectivity index (χ1n) is 9.15. The summed E-state index contributed by atoms with van der Waals surface area (Å²) in [5.41, 5.74) is 8.15. The van der Waals surface area contributed by atoms with Gasteiger partial charge in [-0.15, -0.1) is 0 Å². The average Bonchev–Trinajstić information content (AvgIpc) is 2.79. The SMILES string of the molecule is N#Cc1c(-c2ccc(CBr)cc2)ccc(-c2ccccc2)c1-c1ccccc1. The molecule has 28 heavy (non-hydrogen) atoms. The van der Waals surface area contributed by atoms with Crippen LogP contribution in [0.15, 0.2) is 97.1 Å². The van der Waals surface area contributed by atoms with Gasteiger partial charge in [-0.05, 0) is 27.8 Å². The maximum absolute atomic E-state index is 10.1. The molecule has 4 aromatic rings. The van der Waals surface area contributed by atoms with E-state index in [4.69, 9.17) is 0 Å². The molecule has 0 aliphatic heterocycles. The van der Waals surface area contributed by atoms with E-state index in [1.165, 1.54) is 5.56 Å². The number of nitrogens with zero attached hydrogens (tertiary/aromatic N) is 1. The first kappa shape index (κ1) is 18.2. The Bertz CT molecular complexity index is 1120. The highest BCUT2D eigenvalue weighted by Gasteiger charge is 2.17. The Balaban J connectivity index is 1.99. The van der Waals surface area contributed by atoms with E-state index in [1.54, 1.807) is 0 Å². The van der Waals surface area contributed by atoms with Gasteiger partial charge in [0.1, 0.15) is 6.07 Å². The molecule has 0 aliphatic rings. The summed E-state index contributed by atoms with van der Waals surface area (Å²) in [5.74, 6) is 0. The highest BCUT2D eigenvalue weighted by molar-refractivity contribution is 9.08. The monoisotopic (exact) mass is 423 g/mol. The van der Waals surface area contributed by atoms with Gasteiger partial charge < -0.3 is 0 Å². The minimum atomic E-state index is 0.708. The molecule has 2 heteroatoms. The van der Waals surface area contributed by atoms with Gasteiger partial charge in [0, 0.05) is 16.5 Å². The molecule has 0 bridgehead atoms. The summed E-state index contributed by atoms with van der Waals surface area (Å²) in [6.07, 6.45) is 0.